The van der Waals surface area contributed by atoms with Crippen LogP contribution in [0, 0.1) is 6.92 Å². The minimum atomic E-state index is -1.03. The van der Waals surface area contributed by atoms with Crippen molar-refractivity contribution in [2.75, 3.05) is 11.1 Å². The molecule has 0 atom stereocenters. The Labute approximate surface area is 119 Å². The molecule has 4 nitrogen and oxygen atoms in total. The van der Waals surface area contributed by atoms with Crippen molar-refractivity contribution in [1.29, 1.82) is 0 Å². The number of hydrogen-bond donors (Lipinski definition) is 3. The molecule has 0 spiro atoms. The number of halogens is 1. The Bertz CT molecular complexity index is 641. The molecule has 5 heteroatoms. The van der Waals surface area contributed by atoms with Crippen molar-refractivity contribution in [3.8, 4) is 0 Å². The number of hydrogen-bond acceptors (Lipinski definition) is 3. The average molecular weight is 321 g/mol. The van der Waals surface area contributed by atoms with Crippen LogP contribution in [0.2, 0.25) is 0 Å². The van der Waals surface area contributed by atoms with Gasteiger partial charge in [-0.3, -0.25) is 0 Å². The lowest BCUT2D eigenvalue weighted by atomic mass is 10.1. The molecule has 0 radical (unpaired) electrons. The van der Waals surface area contributed by atoms with Crippen LogP contribution in [0.4, 0.5) is 17.1 Å². The van der Waals surface area contributed by atoms with Gasteiger partial charge in [0.15, 0.2) is 0 Å². The van der Waals surface area contributed by atoms with Gasteiger partial charge in [-0.15, -0.1) is 0 Å². The molecule has 0 saturated carbocycles. The van der Waals surface area contributed by atoms with E-state index in [1.165, 1.54) is 6.07 Å². The van der Waals surface area contributed by atoms with Gasteiger partial charge in [0.25, 0.3) is 0 Å². The first-order valence-corrected chi connectivity index (χ1v) is 6.43. The van der Waals surface area contributed by atoms with Crippen LogP contribution in [0.3, 0.4) is 0 Å². The number of rotatable bonds is 3. The fourth-order valence-electron chi connectivity index (χ4n) is 1.77. The van der Waals surface area contributed by atoms with Gasteiger partial charge in [0, 0.05) is 15.8 Å². The van der Waals surface area contributed by atoms with Gasteiger partial charge in [-0.05, 0) is 52.7 Å². The smallest absolute Gasteiger partial charge is 0.337 e. The molecule has 0 heterocycles. The van der Waals surface area contributed by atoms with Gasteiger partial charge in [0.1, 0.15) is 0 Å². The van der Waals surface area contributed by atoms with Crippen molar-refractivity contribution >= 4 is 39.0 Å². The molecule has 2 aromatic rings. The summed E-state index contributed by atoms with van der Waals surface area (Å²) in [5.74, 6) is -1.03. The highest BCUT2D eigenvalue weighted by molar-refractivity contribution is 9.10. The van der Waals surface area contributed by atoms with Crippen LogP contribution in [-0.2, 0) is 0 Å². The van der Waals surface area contributed by atoms with Gasteiger partial charge in [-0.2, -0.15) is 0 Å². The SMILES string of the molecule is Cc1cc(Nc2ccccc2Br)cc(C(=O)O)c1N. The molecule has 0 amide bonds. The molecule has 0 aliphatic heterocycles. The van der Waals surface area contributed by atoms with Crippen LogP contribution < -0.4 is 11.1 Å². The largest absolute Gasteiger partial charge is 0.478 e. The highest BCUT2D eigenvalue weighted by atomic mass is 79.9. The Morgan fingerprint density at radius 3 is 2.63 bits per heavy atom. The second-order valence-electron chi connectivity index (χ2n) is 4.16. The number of anilines is 3. The van der Waals surface area contributed by atoms with E-state index in [4.69, 9.17) is 10.8 Å². The third-order valence-corrected chi connectivity index (χ3v) is 3.46. The lowest BCUT2D eigenvalue weighted by Gasteiger charge is -2.12. The first kappa shape index (κ1) is 13.4. The first-order valence-electron chi connectivity index (χ1n) is 5.64. The Hall–Kier alpha value is -2.01. The zero-order chi connectivity index (χ0) is 14.0. The number of benzene rings is 2. The molecule has 0 fully saturated rings. The molecule has 0 aliphatic rings. The standard InChI is InChI=1S/C14H13BrN2O2/c1-8-6-9(7-10(13(8)16)14(18)19)17-12-5-3-2-4-11(12)15/h2-7,17H,16H2,1H3,(H,18,19). The second-order valence-corrected chi connectivity index (χ2v) is 5.02. The number of carboxylic acids is 1. The molecule has 4 N–H and O–H groups in total. The Balaban J connectivity index is 2.42. The van der Waals surface area contributed by atoms with Crippen LogP contribution in [0.15, 0.2) is 40.9 Å². The average Bonchev–Trinajstić information content (AvgIpc) is 2.36. The number of nitrogens with two attached hydrogens (primary N) is 1. The number of nitrogens with one attached hydrogen (secondary N) is 1. The number of aromatic carboxylic acids is 1. The Morgan fingerprint density at radius 1 is 1.32 bits per heavy atom. The molecule has 0 bridgehead atoms. The van der Waals surface area contributed by atoms with Crippen LogP contribution in [-0.4, -0.2) is 11.1 Å². The lowest BCUT2D eigenvalue weighted by molar-refractivity contribution is 0.0698. The van der Waals surface area contributed by atoms with Gasteiger partial charge in [-0.25, -0.2) is 4.79 Å². The molecule has 0 unspecified atom stereocenters. The van der Waals surface area contributed by atoms with Gasteiger partial charge in [0.2, 0.25) is 0 Å². The van der Waals surface area contributed by atoms with Crippen LogP contribution >= 0.6 is 15.9 Å². The van der Waals surface area contributed by atoms with Gasteiger partial charge in [0.05, 0.1) is 11.3 Å². The van der Waals surface area contributed by atoms with Crippen molar-refractivity contribution in [3.05, 3.63) is 52.0 Å². The summed E-state index contributed by atoms with van der Waals surface area (Å²) in [6.07, 6.45) is 0. The van der Waals surface area contributed by atoms with Crippen molar-refractivity contribution in [1.82, 2.24) is 0 Å². The zero-order valence-electron chi connectivity index (χ0n) is 10.3. The van der Waals surface area contributed by atoms with Crippen molar-refractivity contribution in [2.24, 2.45) is 0 Å². The van der Waals surface area contributed by atoms with E-state index in [0.717, 1.165) is 15.7 Å². The number of aryl methyl sites for hydroxylation is 1. The van der Waals surface area contributed by atoms with Crippen molar-refractivity contribution in [2.45, 2.75) is 6.92 Å². The van der Waals surface area contributed by atoms with E-state index in [2.05, 4.69) is 21.2 Å². The molecule has 2 rings (SSSR count). The molecule has 0 aromatic heterocycles. The maximum atomic E-state index is 11.1. The monoisotopic (exact) mass is 320 g/mol. The lowest BCUT2D eigenvalue weighted by Crippen LogP contribution is -2.05. The fourth-order valence-corrected chi connectivity index (χ4v) is 2.15. The third-order valence-electron chi connectivity index (χ3n) is 2.77. The summed E-state index contributed by atoms with van der Waals surface area (Å²) in [6.45, 7) is 1.78. The predicted molar refractivity (Wildman–Crippen MR) is 80.0 cm³/mol. The predicted octanol–water partition coefficient (Wildman–Crippen LogP) is 3.78. The number of carboxylic acid groups (broad SMARTS) is 1. The van der Waals surface area contributed by atoms with E-state index in [1.54, 1.807) is 6.92 Å². The first-order chi connectivity index (χ1) is 8.99. The van der Waals surface area contributed by atoms with Crippen molar-refractivity contribution < 1.29 is 9.90 Å². The Kier molecular flexibility index (Phi) is 3.76. The molecule has 19 heavy (non-hydrogen) atoms. The van der Waals surface area contributed by atoms with E-state index < -0.39 is 5.97 Å². The van der Waals surface area contributed by atoms with Gasteiger partial charge >= 0.3 is 5.97 Å². The molecule has 0 aliphatic carbocycles. The summed E-state index contributed by atoms with van der Waals surface area (Å²) in [5, 5.41) is 12.3. The maximum Gasteiger partial charge on any atom is 0.337 e. The summed E-state index contributed by atoms with van der Waals surface area (Å²) in [6, 6.07) is 11.0. The minimum Gasteiger partial charge on any atom is -0.478 e. The Morgan fingerprint density at radius 2 is 2.00 bits per heavy atom. The summed E-state index contributed by atoms with van der Waals surface area (Å²) in [5.41, 5.74) is 8.45. The van der Waals surface area contributed by atoms with E-state index >= 15 is 0 Å². The summed E-state index contributed by atoms with van der Waals surface area (Å²) >= 11 is 3.43. The molecule has 2 aromatic carbocycles. The van der Waals surface area contributed by atoms with Gasteiger partial charge < -0.3 is 16.2 Å². The molecule has 0 saturated heterocycles. The third kappa shape index (κ3) is 2.88. The number of para-hydroxylation sites is 1. The van der Waals surface area contributed by atoms with Crippen LogP contribution in [0.1, 0.15) is 15.9 Å². The zero-order valence-corrected chi connectivity index (χ0v) is 11.9. The van der Waals surface area contributed by atoms with E-state index in [0.29, 0.717) is 11.4 Å². The summed E-state index contributed by atoms with van der Waals surface area (Å²) < 4.78 is 0.904. The topological polar surface area (TPSA) is 75.3 Å². The van der Waals surface area contributed by atoms with Crippen LogP contribution in [0.5, 0.6) is 0 Å². The highest BCUT2D eigenvalue weighted by Gasteiger charge is 2.12. The fraction of sp³-hybridized carbons (Fsp3) is 0.0714. The molecule has 98 valence electrons. The normalized spacial score (nSPS) is 10.2. The second kappa shape index (κ2) is 5.32. The quantitative estimate of drug-likeness (QED) is 0.752. The maximum absolute atomic E-state index is 11.1. The van der Waals surface area contributed by atoms with E-state index in [-0.39, 0.29) is 5.56 Å². The van der Waals surface area contributed by atoms with Crippen molar-refractivity contribution in [3.63, 3.8) is 0 Å². The van der Waals surface area contributed by atoms with E-state index in [1.807, 2.05) is 30.3 Å². The van der Waals surface area contributed by atoms with Gasteiger partial charge in [-0.1, -0.05) is 12.1 Å². The number of nitrogen functional groups attached to an aromatic ring is 1. The molecular formula is C14H13BrN2O2. The van der Waals surface area contributed by atoms with E-state index in [9.17, 15) is 4.79 Å². The molecular weight excluding hydrogens is 308 g/mol. The highest BCUT2D eigenvalue weighted by Crippen LogP contribution is 2.28. The van der Waals surface area contributed by atoms with Crippen LogP contribution in [0.25, 0.3) is 0 Å². The summed E-state index contributed by atoms with van der Waals surface area (Å²) in [7, 11) is 0. The minimum absolute atomic E-state index is 0.106. The number of carbonyl (C=O) groups is 1. The summed E-state index contributed by atoms with van der Waals surface area (Å²) in [4.78, 5) is 11.1.